The van der Waals surface area contributed by atoms with Crippen molar-refractivity contribution in [3.63, 3.8) is 0 Å². The number of hydrogen-bond donors (Lipinski definition) is 1. The number of aliphatic hydroxyl groups excluding tert-OH is 1. The van der Waals surface area contributed by atoms with Crippen LogP contribution in [-0.4, -0.2) is 55.5 Å². The van der Waals surface area contributed by atoms with Gasteiger partial charge in [0.1, 0.15) is 17.3 Å². The summed E-state index contributed by atoms with van der Waals surface area (Å²) in [5, 5.41) is 21.3. The van der Waals surface area contributed by atoms with E-state index < -0.39 is 10.0 Å². The molecule has 25 heavy (non-hydrogen) atoms. The van der Waals surface area contributed by atoms with Gasteiger partial charge < -0.3 is 9.67 Å². The van der Waals surface area contributed by atoms with Crippen molar-refractivity contribution in [3.8, 4) is 0 Å². The van der Waals surface area contributed by atoms with Crippen LogP contribution in [0.25, 0.3) is 0 Å². The molecule has 0 atom stereocenters. The summed E-state index contributed by atoms with van der Waals surface area (Å²) in [5.41, 5.74) is 0. The largest absolute Gasteiger partial charge is 0.388 e. The molecule has 0 radical (unpaired) electrons. The van der Waals surface area contributed by atoms with E-state index in [1.54, 1.807) is 10.9 Å². The molecule has 0 unspecified atom stereocenters. The Labute approximate surface area is 147 Å². The molecule has 1 aliphatic rings. The molecule has 3 heterocycles. The van der Waals surface area contributed by atoms with E-state index in [4.69, 9.17) is 0 Å². The molecule has 9 nitrogen and oxygen atoms in total. The molecule has 0 saturated carbocycles. The fraction of sp³-hybridized carbons (Fsp3) is 0.667. The van der Waals surface area contributed by atoms with Gasteiger partial charge in [-0.25, -0.2) is 8.42 Å². The van der Waals surface area contributed by atoms with Crippen molar-refractivity contribution in [2.24, 2.45) is 13.0 Å². The van der Waals surface area contributed by atoms with Gasteiger partial charge in [-0.1, -0.05) is 0 Å². The van der Waals surface area contributed by atoms with E-state index in [0.29, 0.717) is 31.4 Å². The summed E-state index contributed by atoms with van der Waals surface area (Å²) < 4.78 is 30.4. The Hall–Kier alpha value is -1.78. The van der Waals surface area contributed by atoms with Crippen LogP contribution in [0.3, 0.4) is 0 Å². The lowest BCUT2D eigenvalue weighted by atomic mass is 9.94. The number of aromatic nitrogens is 5. The standard InChI is InChI=1S/C15H24N6O3S/c1-3-20-10-13(9-16-20)25(23,24)21-6-4-12(5-7-21)8-14-17-18-15(11-22)19(14)2/h9-10,12,22H,3-8,11H2,1-2H3. The maximum absolute atomic E-state index is 12.7. The second-order valence-electron chi connectivity index (χ2n) is 6.33. The average molecular weight is 368 g/mol. The lowest BCUT2D eigenvalue weighted by molar-refractivity contribution is 0.262. The van der Waals surface area contributed by atoms with E-state index in [1.165, 1.54) is 10.5 Å². The van der Waals surface area contributed by atoms with Crippen LogP contribution < -0.4 is 0 Å². The molecule has 138 valence electrons. The van der Waals surface area contributed by atoms with Crippen LogP contribution in [0, 0.1) is 5.92 Å². The first kappa shape index (κ1) is 18.0. The van der Waals surface area contributed by atoms with Gasteiger partial charge in [-0.2, -0.15) is 9.40 Å². The number of rotatable bonds is 6. The first-order valence-corrected chi connectivity index (χ1v) is 9.90. The quantitative estimate of drug-likeness (QED) is 0.779. The van der Waals surface area contributed by atoms with Crippen LogP contribution in [0.5, 0.6) is 0 Å². The zero-order valence-corrected chi connectivity index (χ0v) is 15.4. The predicted octanol–water partition coefficient (Wildman–Crippen LogP) is 0.167. The number of aryl methyl sites for hydroxylation is 1. The Morgan fingerprint density at radius 3 is 2.48 bits per heavy atom. The molecule has 0 amide bonds. The Morgan fingerprint density at radius 1 is 1.24 bits per heavy atom. The summed E-state index contributed by atoms with van der Waals surface area (Å²) in [7, 11) is -1.63. The van der Waals surface area contributed by atoms with Gasteiger partial charge in [0, 0.05) is 39.3 Å². The summed E-state index contributed by atoms with van der Waals surface area (Å²) >= 11 is 0. The molecule has 1 aliphatic heterocycles. The highest BCUT2D eigenvalue weighted by Gasteiger charge is 2.31. The molecule has 0 bridgehead atoms. The van der Waals surface area contributed by atoms with Gasteiger partial charge in [-0.15, -0.1) is 10.2 Å². The molecule has 2 aromatic rings. The molecule has 2 aromatic heterocycles. The van der Waals surface area contributed by atoms with Crippen LogP contribution in [-0.2, 0) is 36.6 Å². The molecule has 3 rings (SSSR count). The highest BCUT2D eigenvalue weighted by atomic mass is 32.2. The fourth-order valence-corrected chi connectivity index (χ4v) is 4.55. The first-order chi connectivity index (χ1) is 12.0. The summed E-state index contributed by atoms with van der Waals surface area (Å²) in [4.78, 5) is 0.258. The second-order valence-corrected chi connectivity index (χ2v) is 8.27. The number of hydrogen-bond acceptors (Lipinski definition) is 6. The van der Waals surface area contributed by atoms with Crippen molar-refractivity contribution in [2.75, 3.05) is 13.1 Å². The smallest absolute Gasteiger partial charge is 0.246 e. The maximum atomic E-state index is 12.7. The maximum Gasteiger partial charge on any atom is 0.246 e. The monoisotopic (exact) mass is 368 g/mol. The minimum Gasteiger partial charge on any atom is -0.388 e. The fourth-order valence-electron chi connectivity index (χ4n) is 3.13. The van der Waals surface area contributed by atoms with Crippen LogP contribution >= 0.6 is 0 Å². The third-order valence-electron chi connectivity index (χ3n) is 4.81. The summed E-state index contributed by atoms with van der Waals surface area (Å²) in [6.07, 6.45) is 5.30. The Kier molecular flexibility index (Phi) is 5.21. The van der Waals surface area contributed by atoms with Crippen LogP contribution in [0.1, 0.15) is 31.4 Å². The Bertz CT molecular complexity index is 820. The minimum absolute atomic E-state index is 0.133. The van der Waals surface area contributed by atoms with E-state index in [2.05, 4.69) is 15.3 Å². The topological polar surface area (TPSA) is 106 Å². The summed E-state index contributed by atoms with van der Waals surface area (Å²) in [5.74, 6) is 1.73. The zero-order valence-electron chi connectivity index (χ0n) is 14.5. The van der Waals surface area contributed by atoms with Crippen LogP contribution in [0.2, 0.25) is 0 Å². The van der Waals surface area contributed by atoms with E-state index in [1.807, 2.05) is 18.5 Å². The third-order valence-corrected chi connectivity index (χ3v) is 6.66. The van der Waals surface area contributed by atoms with Gasteiger partial charge in [-0.3, -0.25) is 4.68 Å². The molecule has 1 fully saturated rings. The predicted molar refractivity (Wildman–Crippen MR) is 90.0 cm³/mol. The molecule has 0 aromatic carbocycles. The first-order valence-electron chi connectivity index (χ1n) is 8.46. The minimum atomic E-state index is -3.47. The summed E-state index contributed by atoms with van der Waals surface area (Å²) in [6, 6.07) is 0. The lowest BCUT2D eigenvalue weighted by Crippen LogP contribution is -2.38. The van der Waals surface area contributed by atoms with Gasteiger partial charge in [-0.05, 0) is 25.7 Å². The SMILES string of the molecule is CCn1cc(S(=O)(=O)N2CCC(Cc3nnc(CO)n3C)CC2)cn1. The number of sulfonamides is 1. The molecule has 10 heteroatoms. The number of aliphatic hydroxyl groups is 1. The van der Waals surface area contributed by atoms with Crippen molar-refractivity contribution in [1.29, 1.82) is 0 Å². The molecule has 0 spiro atoms. The number of nitrogens with zero attached hydrogens (tertiary/aromatic N) is 6. The lowest BCUT2D eigenvalue weighted by Gasteiger charge is -2.30. The van der Waals surface area contributed by atoms with E-state index >= 15 is 0 Å². The Balaban J connectivity index is 1.62. The van der Waals surface area contributed by atoms with Crippen molar-refractivity contribution >= 4 is 10.0 Å². The van der Waals surface area contributed by atoms with Gasteiger partial charge in [0.2, 0.25) is 10.0 Å². The average Bonchev–Trinajstić information content (AvgIpc) is 3.23. The Morgan fingerprint density at radius 2 is 1.92 bits per heavy atom. The third kappa shape index (κ3) is 3.60. The highest BCUT2D eigenvalue weighted by molar-refractivity contribution is 7.89. The van der Waals surface area contributed by atoms with Gasteiger partial charge in [0.15, 0.2) is 5.82 Å². The molecular formula is C15H24N6O3S. The second kappa shape index (κ2) is 7.22. The highest BCUT2D eigenvalue weighted by Crippen LogP contribution is 2.25. The van der Waals surface area contributed by atoms with E-state index in [0.717, 1.165) is 25.1 Å². The molecular weight excluding hydrogens is 344 g/mol. The van der Waals surface area contributed by atoms with Gasteiger partial charge in [0.25, 0.3) is 0 Å². The molecule has 1 N–H and O–H groups in total. The van der Waals surface area contributed by atoms with Crippen molar-refractivity contribution in [2.45, 2.75) is 44.2 Å². The van der Waals surface area contributed by atoms with Crippen LogP contribution in [0.15, 0.2) is 17.3 Å². The summed E-state index contributed by atoms with van der Waals surface area (Å²) in [6.45, 7) is 3.42. The van der Waals surface area contributed by atoms with Crippen LogP contribution in [0.4, 0.5) is 0 Å². The normalized spacial score (nSPS) is 17.2. The number of piperidine rings is 1. The molecule has 1 saturated heterocycles. The van der Waals surface area contributed by atoms with Crippen molar-refractivity contribution in [1.82, 2.24) is 28.9 Å². The van der Waals surface area contributed by atoms with E-state index in [-0.39, 0.29) is 11.5 Å². The van der Waals surface area contributed by atoms with Crippen molar-refractivity contribution < 1.29 is 13.5 Å². The van der Waals surface area contributed by atoms with Crippen molar-refractivity contribution in [3.05, 3.63) is 24.0 Å². The zero-order chi connectivity index (χ0) is 18.0. The van der Waals surface area contributed by atoms with E-state index in [9.17, 15) is 13.5 Å². The van der Waals surface area contributed by atoms with Gasteiger partial charge >= 0.3 is 0 Å². The molecule has 0 aliphatic carbocycles. The van der Waals surface area contributed by atoms with Gasteiger partial charge in [0.05, 0.1) is 6.20 Å².